The fourth-order valence-electron chi connectivity index (χ4n) is 1.47. The highest BCUT2D eigenvalue weighted by Gasteiger charge is 1.97. The van der Waals surface area contributed by atoms with Crippen molar-refractivity contribution in [2.45, 2.75) is 6.61 Å². The molecule has 0 radical (unpaired) electrons. The Morgan fingerprint density at radius 1 is 1.10 bits per heavy atom. The molecule has 0 saturated carbocycles. The van der Waals surface area contributed by atoms with Crippen LogP contribution in [0.1, 0.15) is 5.56 Å². The van der Waals surface area contributed by atoms with Gasteiger partial charge in [0.2, 0.25) is 5.71 Å². The third-order valence-corrected chi connectivity index (χ3v) is 2.52. The fraction of sp³-hybridized carbons (Fsp3) is 0.0667. The lowest BCUT2D eigenvalue weighted by atomic mass is 10.3. The van der Waals surface area contributed by atoms with Gasteiger partial charge in [0.15, 0.2) is 0 Å². The van der Waals surface area contributed by atoms with E-state index in [-0.39, 0.29) is 5.71 Å². The van der Waals surface area contributed by atoms with Gasteiger partial charge in [-0.3, -0.25) is 10.4 Å². The number of hydrazone groups is 1. The lowest BCUT2D eigenvalue weighted by Gasteiger charge is -2.07. The molecule has 0 bridgehead atoms. The summed E-state index contributed by atoms with van der Waals surface area (Å²) >= 11 is 0. The lowest BCUT2D eigenvalue weighted by Crippen LogP contribution is -1.97. The molecule has 1 aromatic heterocycles. The molecule has 0 atom stereocenters. The highest BCUT2D eigenvalue weighted by atomic mass is 16.5. The average molecular weight is 277 g/mol. The van der Waals surface area contributed by atoms with Gasteiger partial charge in [0.25, 0.3) is 0 Å². The molecule has 0 unspecified atom stereocenters. The van der Waals surface area contributed by atoms with Gasteiger partial charge in [-0.1, -0.05) is 0 Å². The van der Waals surface area contributed by atoms with Crippen LogP contribution in [-0.4, -0.2) is 10.7 Å². The first-order chi connectivity index (χ1) is 10.3. The SMILES string of the molecule is N#CC(C#N)=NNc1ccc(OCc2ccncc2)cc1. The lowest BCUT2D eigenvalue weighted by molar-refractivity contribution is 0.306. The Kier molecular flexibility index (Phi) is 4.86. The molecule has 0 fully saturated rings. The van der Waals surface area contributed by atoms with Crippen molar-refractivity contribution >= 4 is 11.4 Å². The number of ether oxygens (including phenoxy) is 1. The zero-order valence-corrected chi connectivity index (χ0v) is 11.0. The van der Waals surface area contributed by atoms with Gasteiger partial charge in [-0.25, -0.2) is 0 Å². The summed E-state index contributed by atoms with van der Waals surface area (Å²) in [5.41, 5.74) is 4.09. The smallest absolute Gasteiger partial charge is 0.237 e. The Morgan fingerprint density at radius 2 is 1.76 bits per heavy atom. The molecule has 0 spiro atoms. The second kappa shape index (κ2) is 7.27. The molecule has 0 aliphatic carbocycles. The van der Waals surface area contributed by atoms with Crippen LogP contribution in [0.2, 0.25) is 0 Å². The van der Waals surface area contributed by atoms with E-state index >= 15 is 0 Å². The molecule has 0 aliphatic heterocycles. The van der Waals surface area contributed by atoms with E-state index in [1.54, 1.807) is 48.8 Å². The number of hydrogen-bond donors (Lipinski definition) is 1. The number of rotatable bonds is 5. The quantitative estimate of drug-likeness (QED) is 0.669. The highest BCUT2D eigenvalue weighted by molar-refractivity contribution is 6.10. The van der Waals surface area contributed by atoms with Crippen molar-refractivity contribution in [2.24, 2.45) is 5.10 Å². The predicted octanol–water partition coefficient (Wildman–Crippen LogP) is 2.48. The maximum Gasteiger partial charge on any atom is 0.237 e. The molecule has 2 aromatic rings. The zero-order valence-electron chi connectivity index (χ0n) is 11.0. The van der Waals surface area contributed by atoms with Crippen molar-refractivity contribution in [2.75, 3.05) is 5.43 Å². The van der Waals surface area contributed by atoms with Gasteiger partial charge in [0.05, 0.1) is 5.69 Å². The molecule has 1 N–H and O–H groups in total. The minimum absolute atomic E-state index is 0.229. The van der Waals surface area contributed by atoms with Gasteiger partial charge in [-0.15, -0.1) is 0 Å². The van der Waals surface area contributed by atoms with Crippen LogP contribution in [0.3, 0.4) is 0 Å². The van der Waals surface area contributed by atoms with E-state index in [0.29, 0.717) is 18.0 Å². The summed E-state index contributed by atoms with van der Waals surface area (Å²) in [6.45, 7) is 0.459. The Bertz CT molecular complexity index is 680. The van der Waals surface area contributed by atoms with Crippen LogP contribution in [0.25, 0.3) is 0 Å². The van der Waals surface area contributed by atoms with E-state index in [0.717, 1.165) is 5.56 Å². The van der Waals surface area contributed by atoms with E-state index in [1.165, 1.54) is 0 Å². The van der Waals surface area contributed by atoms with Gasteiger partial charge in [-0.2, -0.15) is 15.6 Å². The third kappa shape index (κ3) is 4.34. The topological polar surface area (TPSA) is 94.1 Å². The van der Waals surface area contributed by atoms with Crippen LogP contribution in [0.15, 0.2) is 53.9 Å². The number of hydrogen-bond acceptors (Lipinski definition) is 6. The van der Waals surface area contributed by atoms with Crippen LogP contribution >= 0.6 is 0 Å². The van der Waals surface area contributed by atoms with Crippen molar-refractivity contribution in [3.05, 3.63) is 54.4 Å². The fourth-order valence-corrected chi connectivity index (χ4v) is 1.47. The number of nitrogens with one attached hydrogen (secondary N) is 1. The second-order valence-corrected chi connectivity index (χ2v) is 3.96. The molecule has 1 aromatic carbocycles. The van der Waals surface area contributed by atoms with E-state index in [1.807, 2.05) is 12.1 Å². The summed E-state index contributed by atoms with van der Waals surface area (Å²) in [7, 11) is 0. The summed E-state index contributed by atoms with van der Waals surface area (Å²) < 4.78 is 5.62. The Morgan fingerprint density at radius 3 is 2.38 bits per heavy atom. The molecule has 0 amide bonds. The third-order valence-electron chi connectivity index (χ3n) is 2.52. The van der Waals surface area contributed by atoms with Crippen molar-refractivity contribution in [1.82, 2.24) is 4.98 Å². The monoisotopic (exact) mass is 277 g/mol. The minimum Gasteiger partial charge on any atom is -0.489 e. The average Bonchev–Trinajstić information content (AvgIpc) is 2.56. The van der Waals surface area contributed by atoms with Crippen molar-refractivity contribution in [3.8, 4) is 17.9 Å². The maximum atomic E-state index is 8.56. The van der Waals surface area contributed by atoms with Gasteiger partial charge in [-0.05, 0) is 42.0 Å². The van der Waals surface area contributed by atoms with Crippen molar-refractivity contribution in [1.29, 1.82) is 10.5 Å². The number of aromatic nitrogens is 1. The standard InChI is InChI=1S/C15H11N5O/c16-9-14(10-17)20-19-13-1-3-15(4-2-13)21-11-12-5-7-18-8-6-12/h1-8,19H,11H2. The molecular weight excluding hydrogens is 266 g/mol. The molecule has 0 saturated heterocycles. The van der Waals surface area contributed by atoms with E-state index in [9.17, 15) is 0 Å². The summed E-state index contributed by atoms with van der Waals surface area (Å²) in [5, 5.41) is 20.8. The summed E-state index contributed by atoms with van der Waals surface area (Å²) in [6.07, 6.45) is 3.43. The van der Waals surface area contributed by atoms with E-state index < -0.39 is 0 Å². The Labute approximate surface area is 121 Å². The van der Waals surface area contributed by atoms with Crippen LogP contribution in [-0.2, 0) is 6.61 Å². The van der Waals surface area contributed by atoms with Crippen LogP contribution in [0, 0.1) is 22.7 Å². The summed E-state index contributed by atoms with van der Waals surface area (Å²) in [4.78, 5) is 3.94. The van der Waals surface area contributed by atoms with Gasteiger partial charge >= 0.3 is 0 Å². The zero-order chi connectivity index (χ0) is 14.9. The van der Waals surface area contributed by atoms with Crippen molar-refractivity contribution < 1.29 is 4.74 Å². The van der Waals surface area contributed by atoms with Gasteiger partial charge in [0.1, 0.15) is 24.5 Å². The first kappa shape index (κ1) is 14.0. The van der Waals surface area contributed by atoms with E-state index in [2.05, 4.69) is 15.5 Å². The van der Waals surface area contributed by atoms with Crippen LogP contribution in [0.4, 0.5) is 5.69 Å². The summed E-state index contributed by atoms with van der Waals surface area (Å²) in [5.74, 6) is 0.710. The number of pyridine rings is 1. The molecular formula is C15H11N5O. The Balaban J connectivity index is 1.92. The van der Waals surface area contributed by atoms with Crippen LogP contribution in [0.5, 0.6) is 5.75 Å². The highest BCUT2D eigenvalue weighted by Crippen LogP contribution is 2.17. The largest absolute Gasteiger partial charge is 0.489 e. The normalized spacial score (nSPS) is 9.05. The van der Waals surface area contributed by atoms with Gasteiger partial charge < -0.3 is 4.74 Å². The molecule has 2 rings (SSSR count). The van der Waals surface area contributed by atoms with Gasteiger partial charge in [0, 0.05) is 12.4 Å². The number of anilines is 1. The number of nitrogens with zero attached hydrogens (tertiary/aromatic N) is 4. The van der Waals surface area contributed by atoms with Crippen LogP contribution < -0.4 is 10.2 Å². The Hall–Kier alpha value is -3.38. The predicted molar refractivity (Wildman–Crippen MR) is 77.3 cm³/mol. The first-order valence-corrected chi connectivity index (χ1v) is 6.07. The maximum absolute atomic E-state index is 8.56. The number of nitriles is 2. The molecule has 21 heavy (non-hydrogen) atoms. The van der Waals surface area contributed by atoms with Crippen molar-refractivity contribution in [3.63, 3.8) is 0 Å². The molecule has 0 aliphatic rings. The molecule has 6 heteroatoms. The molecule has 102 valence electrons. The second-order valence-electron chi connectivity index (χ2n) is 3.96. The summed E-state index contributed by atoms with van der Waals surface area (Å²) in [6, 6.07) is 14.2. The van der Waals surface area contributed by atoms with E-state index in [4.69, 9.17) is 15.3 Å². The molecule has 6 nitrogen and oxygen atoms in total. The molecule has 1 heterocycles. The minimum atomic E-state index is -0.229. The number of benzene rings is 1. The first-order valence-electron chi connectivity index (χ1n) is 6.07.